The highest BCUT2D eigenvalue weighted by atomic mass is 32.1. The molecule has 0 bridgehead atoms. The maximum Gasteiger partial charge on any atom is 0.164 e. The first-order valence-electron chi connectivity index (χ1n) is 18.8. The molecule has 0 spiro atoms. The summed E-state index contributed by atoms with van der Waals surface area (Å²) in [5.74, 6) is 1.96. The molecule has 11 rings (SSSR count). The van der Waals surface area contributed by atoms with Crippen LogP contribution in [-0.4, -0.2) is 19.5 Å². The smallest absolute Gasteiger partial charge is 0.164 e. The van der Waals surface area contributed by atoms with Gasteiger partial charge in [0.05, 0.1) is 11.0 Å². The lowest BCUT2D eigenvalue weighted by Gasteiger charge is -2.10. The van der Waals surface area contributed by atoms with Crippen molar-refractivity contribution in [1.82, 2.24) is 19.5 Å². The van der Waals surface area contributed by atoms with E-state index in [0.29, 0.717) is 17.5 Å². The minimum atomic E-state index is 0.647. The molecule has 0 radical (unpaired) electrons. The van der Waals surface area contributed by atoms with E-state index in [1.165, 1.54) is 58.7 Å². The Kier molecular flexibility index (Phi) is 7.64. The van der Waals surface area contributed by atoms with Crippen molar-refractivity contribution < 1.29 is 0 Å². The average molecular weight is 733 g/mol. The normalized spacial score (nSPS) is 11.6. The number of benzene rings is 8. The molecule has 0 unspecified atom stereocenters. The van der Waals surface area contributed by atoms with E-state index in [0.717, 1.165) is 27.9 Å². The molecule has 0 amide bonds. The number of fused-ring (bicyclic) bond motifs is 7. The summed E-state index contributed by atoms with van der Waals surface area (Å²) in [4.78, 5) is 15.0. The van der Waals surface area contributed by atoms with E-state index < -0.39 is 0 Å². The number of thiophene rings is 1. The van der Waals surface area contributed by atoms with Gasteiger partial charge in [-0.15, -0.1) is 11.3 Å². The third-order valence-electron chi connectivity index (χ3n) is 10.6. The number of rotatable bonds is 6. The number of hydrogen-bond acceptors (Lipinski definition) is 4. The van der Waals surface area contributed by atoms with Gasteiger partial charge < -0.3 is 4.57 Å². The lowest BCUT2D eigenvalue weighted by Crippen LogP contribution is -2.00. The van der Waals surface area contributed by atoms with Crippen LogP contribution >= 0.6 is 11.3 Å². The Bertz CT molecular complexity index is 3180. The molecule has 0 saturated heterocycles. The van der Waals surface area contributed by atoms with Crippen LogP contribution < -0.4 is 0 Å². The van der Waals surface area contributed by atoms with Crippen molar-refractivity contribution in [3.63, 3.8) is 0 Å². The highest BCUT2D eigenvalue weighted by molar-refractivity contribution is 7.27. The predicted octanol–water partition coefficient (Wildman–Crippen LogP) is 13.7. The molecule has 56 heavy (non-hydrogen) atoms. The fraction of sp³-hybridized carbons (Fsp3) is 0. The minimum absolute atomic E-state index is 0.647. The second kappa shape index (κ2) is 13.3. The highest BCUT2D eigenvalue weighted by Crippen LogP contribution is 2.46. The van der Waals surface area contributed by atoms with Crippen LogP contribution in [0.4, 0.5) is 0 Å². The van der Waals surface area contributed by atoms with Crippen LogP contribution in [0.1, 0.15) is 0 Å². The summed E-state index contributed by atoms with van der Waals surface area (Å²) < 4.78 is 4.99. The predicted molar refractivity (Wildman–Crippen MR) is 234 cm³/mol. The first-order chi connectivity index (χ1) is 27.8. The van der Waals surface area contributed by atoms with E-state index in [1.807, 2.05) is 72.0 Å². The summed E-state index contributed by atoms with van der Waals surface area (Å²) in [6, 6.07) is 68.5. The maximum absolute atomic E-state index is 5.02. The minimum Gasteiger partial charge on any atom is -0.309 e. The van der Waals surface area contributed by atoms with Gasteiger partial charge in [-0.2, -0.15) is 0 Å². The van der Waals surface area contributed by atoms with Gasteiger partial charge in [0.2, 0.25) is 0 Å². The van der Waals surface area contributed by atoms with Crippen molar-refractivity contribution >= 4 is 53.3 Å². The van der Waals surface area contributed by atoms with Crippen LogP contribution in [0.2, 0.25) is 0 Å². The second-order valence-corrected chi connectivity index (χ2v) is 15.0. The van der Waals surface area contributed by atoms with Crippen molar-refractivity contribution in [2.75, 3.05) is 0 Å². The number of aromatic nitrogens is 4. The van der Waals surface area contributed by atoms with E-state index >= 15 is 0 Å². The first-order valence-corrected chi connectivity index (χ1v) is 19.6. The highest BCUT2D eigenvalue weighted by Gasteiger charge is 2.20. The molecule has 0 aliphatic rings. The third kappa shape index (κ3) is 5.40. The molecule has 0 aliphatic carbocycles. The average Bonchev–Trinajstić information content (AvgIpc) is 3.83. The summed E-state index contributed by atoms with van der Waals surface area (Å²) >= 11 is 1.88. The monoisotopic (exact) mass is 732 g/mol. The van der Waals surface area contributed by atoms with Gasteiger partial charge in [-0.3, -0.25) is 0 Å². The Morgan fingerprint density at radius 2 is 0.875 bits per heavy atom. The van der Waals surface area contributed by atoms with Crippen LogP contribution in [-0.2, 0) is 0 Å². The van der Waals surface area contributed by atoms with E-state index in [4.69, 9.17) is 15.0 Å². The molecule has 8 aromatic carbocycles. The molecule has 0 fully saturated rings. The molecular formula is C51H32N4S. The standard InChI is InChI=1S/C51H32N4S/c1-4-15-33(16-5-1)36-21-13-24-39(32-36)55-44-28-11-10-25-43(44)46-45(55)30-29-42-41-27-14-26-40(47(41)56-48(42)46)37-22-12-23-38(31-37)51-53-49(34-17-6-2-7-18-34)52-50(54-51)35-19-8-3-9-20-35/h1-32H. The van der Waals surface area contributed by atoms with Crippen LogP contribution in [0.3, 0.4) is 0 Å². The lowest BCUT2D eigenvalue weighted by molar-refractivity contribution is 1.07. The quantitative estimate of drug-likeness (QED) is 0.171. The van der Waals surface area contributed by atoms with Crippen LogP contribution in [0.25, 0.3) is 104 Å². The van der Waals surface area contributed by atoms with Gasteiger partial charge in [0.1, 0.15) is 0 Å². The van der Waals surface area contributed by atoms with E-state index in [-0.39, 0.29) is 0 Å². The van der Waals surface area contributed by atoms with Crippen molar-refractivity contribution in [3.8, 4) is 62.1 Å². The molecule has 4 nitrogen and oxygen atoms in total. The van der Waals surface area contributed by atoms with Gasteiger partial charge in [0.25, 0.3) is 0 Å². The number of para-hydroxylation sites is 1. The molecular weight excluding hydrogens is 701 g/mol. The molecule has 3 heterocycles. The Labute approximate surface area is 327 Å². The van der Waals surface area contributed by atoms with Crippen LogP contribution in [0, 0.1) is 0 Å². The van der Waals surface area contributed by atoms with Gasteiger partial charge in [-0.1, -0.05) is 164 Å². The summed E-state index contributed by atoms with van der Waals surface area (Å²) in [6.07, 6.45) is 0. The van der Waals surface area contributed by atoms with Crippen molar-refractivity contribution in [2.24, 2.45) is 0 Å². The number of nitrogens with zero attached hydrogens (tertiary/aromatic N) is 4. The van der Waals surface area contributed by atoms with E-state index in [2.05, 4.69) is 138 Å². The molecule has 262 valence electrons. The zero-order valence-electron chi connectivity index (χ0n) is 30.2. The van der Waals surface area contributed by atoms with E-state index in [9.17, 15) is 0 Å². The van der Waals surface area contributed by atoms with Crippen LogP contribution in [0.15, 0.2) is 194 Å². The molecule has 11 aromatic rings. The molecule has 0 atom stereocenters. The zero-order valence-corrected chi connectivity index (χ0v) is 31.0. The Balaban J connectivity index is 1.08. The molecule has 3 aromatic heterocycles. The summed E-state index contributed by atoms with van der Waals surface area (Å²) in [5, 5.41) is 5.08. The largest absolute Gasteiger partial charge is 0.309 e. The number of hydrogen-bond donors (Lipinski definition) is 0. The van der Waals surface area contributed by atoms with E-state index in [1.54, 1.807) is 0 Å². The summed E-state index contributed by atoms with van der Waals surface area (Å²) in [7, 11) is 0. The summed E-state index contributed by atoms with van der Waals surface area (Å²) in [5.41, 5.74) is 11.1. The zero-order chi connectivity index (χ0) is 37.0. The topological polar surface area (TPSA) is 43.6 Å². The van der Waals surface area contributed by atoms with Gasteiger partial charge in [-0.05, 0) is 52.6 Å². The Hall–Kier alpha value is -7.21. The maximum atomic E-state index is 5.02. The summed E-state index contributed by atoms with van der Waals surface area (Å²) in [6.45, 7) is 0. The van der Waals surface area contributed by atoms with Gasteiger partial charge >= 0.3 is 0 Å². The molecule has 0 aliphatic heterocycles. The van der Waals surface area contributed by atoms with Gasteiger partial charge in [-0.25, -0.2) is 15.0 Å². The third-order valence-corrected chi connectivity index (χ3v) is 11.9. The molecule has 0 N–H and O–H groups in total. The lowest BCUT2D eigenvalue weighted by atomic mass is 10.00. The van der Waals surface area contributed by atoms with Crippen molar-refractivity contribution in [3.05, 3.63) is 194 Å². The fourth-order valence-electron chi connectivity index (χ4n) is 8.03. The molecule has 5 heteroatoms. The van der Waals surface area contributed by atoms with Gasteiger partial charge in [0, 0.05) is 53.3 Å². The van der Waals surface area contributed by atoms with Gasteiger partial charge in [0.15, 0.2) is 17.5 Å². The SMILES string of the molecule is c1ccc(-c2cccc(-n3c4ccccc4c4c5sc6c(-c7cccc(-c8nc(-c9ccccc9)nc(-c9ccccc9)n8)c7)cccc6c5ccc43)c2)cc1. The fourth-order valence-corrected chi connectivity index (χ4v) is 9.42. The first kappa shape index (κ1) is 32.2. The van der Waals surface area contributed by atoms with Crippen molar-refractivity contribution in [2.45, 2.75) is 0 Å². The Morgan fingerprint density at radius 1 is 0.339 bits per heavy atom. The Morgan fingerprint density at radius 3 is 1.61 bits per heavy atom. The van der Waals surface area contributed by atoms with Crippen LogP contribution in [0.5, 0.6) is 0 Å². The second-order valence-electron chi connectivity index (χ2n) is 14.0. The van der Waals surface area contributed by atoms with Crippen molar-refractivity contribution in [1.29, 1.82) is 0 Å². The molecule has 0 saturated carbocycles.